The van der Waals surface area contributed by atoms with E-state index < -0.39 is 0 Å². The Morgan fingerprint density at radius 3 is 1.52 bits per heavy atom. The highest BCUT2D eigenvalue weighted by Crippen LogP contribution is 2.63. The van der Waals surface area contributed by atoms with E-state index in [4.69, 9.17) is 9.97 Å². The van der Waals surface area contributed by atoms with Gasteiger partial charge in [0.05, 0.1) is 16.8 Å². The molecule has 0 fully saturated rings. The normalized spacial score (nSPS) is 14.2. The Bertz CT molecular complexity index is 3810. The SMILES string of the molecule is CC1(C)c2cc3ccccc3cc2-c2c(-c3cc(-c4ccc(-c5ccc6c(c5)-c5ccccc5C65c6ccccc6-c6ccccc65)c5ccccc45)nc(-c4ccccc4)n3)cccc21. The van der Waals surface area contributed by atoms with Gasteiger partial charge in [-0.25, -0.2) is 9.97 Å². The molecule has 2 heteroatoms. The predicted molar refractivity (Wildman–Crippen MR) is 273 cm³/mol. The first-order valence-electron chi connectivity index (χ1n) is 23.1. The minimum Gasteiger partial charge on any atom is -0.228 e. The van der Waals surface area contributed by atoms with Gasteiger partial charge in [0.1, 0.15) is 0 Å². The molecule has 66 heavy (non-hydrogen) atoms. The summed E-state index contributed by atoms with van der Waals surface area (Å²) in [4.78, 5) is 10.8. The van der Waals surface area contributed by atoms with Crippen molar-refractivity contribution in [3.8, 4) is 78.4 Å². The van der Waals surface area contributed by atoms with Crippen LogP contribution in [0.5, 0.6) is 0 Å². The molecule has 3 aliphatic rings. The van der Waals surface area contributed by atoms with Crippen LogP contribution < -0.4 is 0 Å². The van der Waals surface area contributed by atoms with E-state index in [1.807, 2.05) is 0 Å². The van der Waals surface area contributed by atoms with Gasteiger partial charge in [0.25, 0.3) is 0 Å². The fourth-order valence-corrected chi connectivity index (χ4v) is 12.2. The molecule has 11 aromatic rings. The Morgan fingerprint density at radius 1 is 0.303 bits per heavy atom. The van der Waals surface area contributed by atoms with Crippen molar-refractivity contribution in [1.82, 2.24) is 9.97 Å². The van der Waals surface area contributed by atoms with Crippen molar-refractivity contribution in [3.63, 3.8) is 0 Å². The Morgan fingerprint density at radius 2 is 0.818 bits per heavy atom. The topological polar surface area (TPSA) is 25.8 Å². The van der Waals surface area contributed by atoms with Crippen molar-refractivity contribution in [2.24, 2.45) is 0 Å². The standard InChI is InChI=1S/C64H42N2/c1-63(2)57-30-16-26-50(61(57)52-35-40-19-6-7-20-41(40)37-58(52)63)60-38-59(65-62(66-60)39-17-4-3-5-18-39)49-33-32-43(44-21-8-9-22-45(44)49)42-31-34-56-51(36-42)48-25-12-15-29-55(48)64(56)53-27-13-10-23-46(53)47-24-11-14-28-54(47)64/h3-38H,1-2H3. The van der Waals surface area contributed by atoms with E-state index in [9.17, 15) is 0 Å². The second-order valence-electron chi connectivity index (χ2n) is 18.8. The summed E-state index contributed by atoms with van der Waals surface area (Å²) in [7, 11) is 0. The minimum absolute atomic E-state index is 0.166. The first-order chi connectivity index (χ1) is 32.5. The number of benzene rings is 10. The second kappa shape index (κ2) is 13.7. The van der Waals surface area contributed by atoms with Crippen molar-refractivity contribution >= 4 is 21.5 Å². The van der Waals surface area contributed by atoms with Gasteiger partial charge in [0.15, 0.2) is 5.82 Å². The third kappa shape index (κ3) is 5.01. The van der Waals surface area contributed by atoms with E-state index in [1.165, 1.54) is 94.0 Å². The Hall–Kier alpha value is -8.20. The molecular weight excluding hydrogens is 797 g/mol. The van der Waals surface area contributed by atoms with Gasteiger partial charge >= 0.3 is 0 Å². The van der Waals surface area contributed by atoms with E-state index in [2.05, 4.69) is 232 Å². The average Bonchev–Trinajstić information content (AvgIpc) is 3.93. The van der Waals surface area contributed by atoms with Gasteiger partial charge in [-0.3, -0.25) is 0 Å². The molecule has 10 aromatic carbocycles. The van der Waals surface area contributed by atoms with E-state index in [-0.39, 0.29) is 10.8 Å². The lowest BCUT2D eigenvalue weighted by Crippen LogP contribution is -2.25. The van der Waals surface area contributed by atoms with Crippen molar-refractivity contribution < 1.29 is 0 Å². The molecule has 0 bridgehead atoms. The van der Waals surface area contributed by atoms with Crippen LogP contribution in [0, 0.1) is 0 Å². The van der Waals surface area contributed by atoms with Crippen LogP contribution in [0.1, 0.15) is 47.2 Å². The lowest BCUT2D eigenvalue weighted by Gasteiger charge is -2.30. The molecule has 0 unspecified atom stereocenters. The maximum absolute atomic E-state index is 5.40. The van der Waals surface area contributed by atoms with Crippen LogP contribution in [0.4, 0.5) is 0 Å². The summed E-state index contributed by atoms with van der Waals surface area (Å²) in [5.41, 5.74) is 22.8. The highest BCUT2D eigenvalue weighted by Gasteiger charge is 2.51. The molecule has 0 atom stereocenters. The Labute approximate surface area is 384 Å². The van der Waals surface area contributed by atoms with Crippen LogP contribution in [0.15, 0.2) is 218 Å². The van der Waals surface area contributed by atoms with Gasteiger partial charge < -0.3 is 0 Å². The molecule has 1 spiro atoms. The number of aromatic nitrogens is 2. The van der Waals surface area contributed by atoms with Crippen molar-refractivity contribution in [3.05, 3.63) is 252 Å². The molecule has 1 heterocycles. The fourth-order valence-electron chi connectivity index (χ4n) is 12.2. The summed E-state index contributed by atoms with van der Waals surface area (Å²) < 4.78 is 0. The Balaban J connectivity index is 0.952. The molecule has 3 aliphatic carbocycles. The van der Waals surface area contributed by atoms with Gasteiger partial charge in [0.2, 0.25) is 0 Å². The minimum atomic E-state index is -0.366. The molecule has 0 saturated heterocycles. The van der Waals surface area contributed by atoms with Crippen LogP contribution in [0.2, 0.25) is 0 Å². The number of hydrogen-bond acceptors (Lipinski definition) is 2. The van der Waals surface area contributed by atoms with Gasteiger partial charge in [-0.15, -0.1) is 0 Å². The summed E-state index contributed by atoms with van der Waals surface area (Å²) in [6.45, 7) is 4.71. The molecule has 0 radical (unpaired) electrons. The Kier molecular flexibility index (Phi) is 7.70. The highest BCUT2D eigenvalue weighted by molar-refractivity contribution is 6.06. The molecule has 14 rings (SSSR count). The van der Waals surface area contributed by atoms with Crippen LogP contribution in [0.25, 0.3) is 100.0 Å². The zero-order chi connectivity index (χ0) is 43.7. The first-order valence-corrected chi connectivity index (χ1v) is 23.1. The van der Waals surface area contributed by atoms with Gasteiger partial charge in [-0.1, -0.05) is 208 Å². The quantitative estimate of drug-likeness (QED) is 0.176. The smallest absolute Gasteiger partial charge is 0.160 e. The van der Waals surface area contributed by atoms with Crippen molar-refractivity contribution in [2.75, 3.05) is 0 Å². The largest absolute Gasteiger partial charge is 0.228 e. The zero-order valence-corrected chi connectivity index (χ0v) is 36.7. The molecule has 0 amide bonds. The molecule has 308 valence electrons. The molecule has 0 N–H and O–H groups in total. The van der Waals surface area contributed by atoms with E-state index in [0.29, 0.717) is 5.82 Å². The van der Waals surface area contributed by atoms with Crippen LogP contribution in [-0.2, 0) is 10.8 Å². The summed E-state index contributed by atoms with van der Waals surface area (Å²) in [5.74, 6) is 0.714. The van der Waals surface area contributed by atoms with E-state index >= 15 is 0 Å². The highest BCUT2D eigenvalue weighted by atomic mass is 14.9. The van der Waals surface area contributed by atoms with Gasteiger partial charge in [-0.05, 0) is 124 Å². The predicted octanol–water partition coefficient (Wildman–Crippen LogP) is 16.1. The van der Waals surface area contributed by atoms with Crippen molar-refractivity contribution in [2.45, 2.75) is 24.7 Å². The third-order valence-electron chi connectivity index (χ3n) is 15.1. The van der Waals surface area contributed by atoms with Crippen LogP contribution in [-0.4, -0.2) is 9.97 Å². The van der Waals surface area contributed by atoms with E-state index in [1.54, 1.807) is 0 Å². The summed E-state index contributed by atoms with van der Waals surface area (Å²) in [6, 6.07) is 80.6. The fraction of sp³-hybridized carbons (Fsp3) is 0.0625. The summed E-state index contributed by atoms with van der Waals surface area (Å²) >= 11 is 0. The summed E-state index contributed by atoms with van der Waals surface area (Å²) in [5, 5.41) is 4.86. The summed E-state index contributed by atoms with van der Waals surface area (Å²) in [6.07, 6.45) is 0. The molecule has 0 saturated carbocycles. The molecule has 0 aliphatic heterocycles. The number of hydrogen-bond donors (Lipinski definition) is 0. The first kappa shape index (κ1) is 37.2. The molecule has 2 nitrogen and oxygen atoms in total. The van der Waals surface area contributed by atoms with Crippen LogP contribution in [0.3, 0.4) is 0 Å². The van der Waals surface area contributed by atoms with E-state index in [0.717, 1.165) is 33.5 Å². The van der Waals surface area contributed by atoms with Crippen molar-refractivity contribution in [1.29, 1.82) is 0 Å². The monoisotopic (exact) mass is 838 g/mol. The average molecular weight is 839 g/mol. The van der Waals surface area contributed by atoms with Gasteiger partial charge in [0, 0.05) is 22.1 Å². The maximum Gasteiger partial charge on any atom is 0.160 e. The number of fused-ring (bicyclic) bond motifs is 15. The lowest BCUT2D eigenvalue weighted by molar-refractivity contribution is 0.661. The zero-order valence-electron chi connectivity index (χ0n) is 36.7. The lowest BCUT2D eigenvalue weighted by atomic mass is 9.70. The van der Waals surface area contributed by atoms with Gasteiger partial charge in [-0.2, -0.15) is 0 Å². The van der Waals surface area contributed by atoms with Crippen LogP contribution >= 0.6 is 0 Å². The maximum atomic E-state index is 5.40. The molecular formula is C64H42N2. The number of nitrogens with zero attached hydrogens (tertiary/aromatic N) is 2. The number of rotatable bonds is 4. The second-order valence-corrected chi connectivity index (χ2v) is 18.8. The molecule has 1 aromatic heterocycles. The third-order valence-corrected chi connectivity index (χ3v) is 15.1.